The lowest BCUT2D eigenvalue weighted by atomic mass is 10.3. The molecule has 2 heterocycles. The van der Waals surface area contributed by atoms with Gasteiger partial charge in [-0.2, -0.15) is 5.10 Å². The van der Waals surface area contributed by atoms with Crippen LogP contribution in [0.15, 0.2) is 39.4 Å². The van der Waals surface area contributed by atoms with Crippen molar-refractivity contribution in [2.45, 2.75) is 26.3 Å². The average Bonchev–Trinajstić information content (AvgIpc) is 3.15. The molecule has 0 atom stereocenters. The smallest absolute Gasteiger partial charge is 0.191 e. The number of halogens is 2. The van der Waals surface area contributed by atoms with Crippen LogP contribution >= 0.6 is 51.2 Å². The summed E-state index contributed by atoms with van der Waals surface area (Å²) in [6.45, 7) is 5.53. The lowest BCUT2D eigenvalue weighted by molar-refractivity contribution is 0.584. The van der Waals surface area contributed by atoms with Crippen molar-refractivity contribution in [1.29, 1.82) is 0 Å². The van der Waals surface area contributed by atoms with E-state index in [1.807, 2.05) is 16.9 Å². The maximum absolute atomic E-state index is 4.60. The van der Waals surface area contributed by atoms with E-state index in [0.717, 1.165) is 45.0 Å². The van der Waals surface area contributed by atoms with Gasteiger partial charge >= 0.3 is 0 Å². The van der Waals surface area contributed by atoms with E-state index in [2.05, 4.69) is 55.7 Å². The number of aryl methyl sites for hydroxylation is 1. The fraction of sp³-hybridized carbons (Fsp3) is 0.467. The van der Waals surface area contributed by atoms with Crippen molar-refractivity contribution in [2.24, 2.45) is 4.99 Å². The highest BCUT2D eigenvalue weighted by molar-refractivity contribution is 14.0. The van der Waals surface area contributed by atoms with Crippen LogP contribution in [-0.4, -0.2) is 35.4 Å². The molecular formula is C15H23BrIN5S. The first-order chi connectivity index (χ1) is 10.8. The predicted molar refractivity (Wildman–Crippen MR) is 112 cm³/mol. The van der Waals surface area contributed by atoms with E-state index in [9.17, 15) is 0 Å². The minimum Gasteiger partial charge on any atom is -0.357 e. The number of nitrogens with one attached hydrogen (secondary N) is 2. The predicted octanol–water partition coefficient (Wildman–Crippen LogP) is 3.51. The summed E-state index contributed by atoms with van der Waals surface area (Å²) in [6, 6.07) is 6.19. The van der Waals surface area contributed by atoms with Gasteiger partial charge in [0.25, 0.3) is 0 Å². The third-order valence-corrected chi connectivity index (χ3v) is 4.69. The zero-order valence-corrected chi connectivity index (χ0v) is 17.9. The van der Waals surface area contributed by atoms with Crippen LogP contribution in [0.5, 0.6) is 0 Å². The normalized spacial score (nSPS) is 11.1. The molecule has 0 aliphatic carbocycles. The maximum atomic E-state index is 4.60. The molecule has 0 saturated heterocycles. The van der Waals surface area contributed by atoms with Crippen molar-refractivity contribution in [3.05, 3.63) is 39.3 Å². The quantitative estimate of drug-likeness (QED) is 0.247. The van der Waals surface area contributed by atoms with Crippen molar-refractivity contribution in [2.75, 3.05) is 19.6 Å². The van der Waals surface area contributed by atoms with Gasteiger partial charge in [0.05, 0.1) is 3.79 Å². The second kappa shape index (κ2) is 11.9. The largest absolute Gasteiger partial charge is 0.357 e. The Morgan fingerprint density at radius 1 is 1.39 bits per heavy atom. The summed E-state index contributed by atoms with van der Waals surface area (Å²) in [5, 5.41) is 10.8. The van der Waals surface area contributed by atoms with Crippen LogP contribution in [0.4, 0.5) is 0 Å². The molecule has 0 aromatic carbocycles. The number of hydrogen-bond acceptors (Lipinski definition) is 3. The summed E-state index contributed by atoms with van der Waals surface area (Å²) in [4.78, 5) is 5.97. The Labute approximate surface area is 167 Å². The van der Waals surface area contributed by atoms with Crippen molar-refractivity contribution in [3.8, 4) is 0 Å². The van der Waals surface area contributed by atoms with Gasteiger partial charge in [-0.3, -0.25) is 9.67 Å². The molecule has 5 nitrogen and oxygen atoms in total. The summed E-state index contributed by atoms with van der Waals surface area (Å²) >= 11 is 5.27. The summed E-state index contributed by atoms with van der Waals surface area (Å²) in [6.07, 6.45) is 5.77. The fourth-order valence-electron chi connectivity index (χ4n) is 1.99. The Morgan fingerprint density at radius 3 is 2.91 bits per heavy atom. The summed E-state index contributed by atoms with van der Waals surface area (Å²) in [5.74, 6) is 0.888. The third-order valence-electron chi connectivity index (χ3n) is 3.01. The molecule has 0 amide bonds. The van der Waals surface area contributed by atoms with Gasteiger partial charge in [0, 0.05) is 43.4 Å². The SMILES string of the molecule is CCNC(=NCCCn1cccn1)NCCc1ccc(Br)s1.I. The third kappa shape index (κ3) is 8.16. The fourth-order valence-corrected chi connectivity index (χ4v) is 3.47. The number of rotatable bonds is 8. The van der Waals surface area contributed by atoms with Crippen molar-refractivity contribution < 1.29 is 0 Å². The lowest BCUT2D eigenvalue weighted by Gasteiger charge is -2.10. The number of guanidine groups is 1. The van der Waals surface area contributed by atoms with Crippen LogP contribution in [0.1, 0.15) is 18.2 Å². The number of hydrogen-bond donors (Lipinski definition) is 2. The first-order valence-corrected chi connectivity index (χ1v) is 9.12. The van der Waals surface area contributed by atoms with Gasteiger partial charge in [0.2, 0.25) is 0 Å². The second-order valence-electron chi connectivity index (χ2n) is 4.77. The highest BCUT2D eigenvalue weighted by Crippen LogP contribution is 2.21. The topological polar surface area (TPSA) is 54.2 Å². The molecule has 0 radical (unpaired) electrons. The molecule has 0 fully saturated rings. The number of thiophene rings is 1. The molecule has 23 heavy (non-hydrogen) atoms. The molecule has 2 aromatic heterocycles. The Hall–Kier alpha value is -0.610. The van der Waals surface area contributed by atoms with Gasteiger partial charge in [-0.1, -0.05) is 0 Å². The Morgan fingerprint density at radius 2 is 2.26 bits per heavy atom. The Kier molecular flexibility index (Phi) is 10.5. The van der Waals surface area contributed by atoms with Crippen molar-refractivity contribution in [1.82, 2.24) is 20.4 Å². The molecule has 0 unspecified atom stereocenters. The summed E-state index contributed by atoms with van der Waals surface area (Å²) in [5.41, 5.74) is 0. The number of aromatic nitrogens is 2. The Balaban J connectivity index is 0.00000264. The van der Waals surface area contributed by atoms with E-state index in [1.165, 1.54) is 8.66 Å². The Bertz CT molecular complexity index is 570. The lowest BCUT2D eigenvalue weighted by Crippen LogP contribution is -2.38. The van der Waals surface area contributed by atoms with Gasteiger partial charge in [-0.25, -0.2) is 0 Å². The molecular weight excluding hydrogens is 489 g/mol. The minimum absolute atomic E-state index is 0. The van der Waals surface area contributed by atoms with Gasteiger partial charge in [0.1, 0.15) is 0 Å². The van der Waals surface area contributed by atoms with Crippen LogP contribution < -0.4 is 10.6 Å². The molecule has 128 valence electrons. The van der Waals surface area contributed by atoms with Crippen LogP contribution in [0, 0.1) is 0 Å². The van der Waals surface area contributed by atoms with Crippen LogP contribution in [0.2, 0.25) is 0 Å². The number of aliphatic imine (C=N–C) groups is 1. The highest BCUT2D eigenvalue weighted by Gasteiger charge is 2.00. The van der Waals surface area contributed by atoms with Crippen molar-refractivity contribution in [3.63, 3.8) is 0 Å². The van der Waals surface area contributed by atoms with E-state index in [4.69, 9.17) is 0 Å². The molecule has 0 aliphatic rings. The first-order valence-electron chi connectivity index (χ1n) is 7.51. The van der Waals surface area contributed by atoms with Crippen LogP contribution in [0.25, 0.3) is 0 Å². The molecule has 2 aromatic rings. The van der Waals surface area contributed by atoms with E-state index >= 15 is 0 Å². The average molecular weight is 512 g/mol. The number of nitrogens with zero attached hydrogens (tertiary/aromatic N) is 3. The molecule has 0 aliphatic heterocycles. The molecule has 0 saturated carbocycles. The van der Waals surface area contributed by atoms with Crippen LogP contribution in [-0.2, 0) is 13.0 Å². The standard InChI is InChI=1S/C15H22BrN5S.HI/c1-2-17-15(18-8-3-11-21-12-4-9-20-21)19-10-7-13-5-6-14(16)22-13;/h4-6,9,12H,2-3,7-8,10-11H2,1H3,(H2,17,18,19);1H. The highest BCUT2D eigenvalue weighted by atomic mass is 127. The van der Waals surface area contributed by atoms with E-state index in [0.29, 0.717) is 0 Å². The molecule has 0 spiro atoms. The van der Waals surface area contributed by atoms with E-state index in [-0.39, 0.29) is 24.0 Å². The summed E-state index contributed by atoms with van der Waals surface area (Å²) in [7, 11) is 0. The molecule has 0 bridgehead atoms. The van der Waals surface area contributed by atoms with Crippen molar-refractivity contribution >= 4 is 57.2 Å². The summed E-state index contributed by atoms with van der Waals surface area (Å²) < 4.78 is 3.12. The second-order valence-corrected chi connectivity index (χ2v) is 7.31. The monoisotopic (exact) mass is 511 g/mol. The molecule has 8 heteroatoms. The van der Waals surface area contributed by atoms with Gasteiger partial charge in [0.15, 0.2) is 5.96 Å². The van der Waals surface area contributed by atoms with Gasteiger partial charge < -0.3 is 10.6 Å². The first kappa shape index (κ1) is 20.4. The van der Waals surface area contributed by atoms with Crippen LogP contribution in [0.3, 0.4) is 0 Å². The zero-order chi connectivity index (χ0) is 15.6. The van der Waals surface area contributed by atoms with E-state index < -0.39 is 0 Å². The van der Waals surface area contributed by atoms with Gasteiger partial charge in [-0.05, 0) is 53.9 Å². The minimum atomic E-state index is 0. The van der Waals surface area contributed by atoms with E-state index in [1.54, 1.807) is 17.5 Å². The zero-order valence-electron chi connectivity index (χ0n) is 13.2. The van der Waals surface area contributed by atoms with Gasteiger partial charge in [-0.15, -0.1) is 35.3 Å². The maximum Gasteiger partial charge on any atom is 0.191 e. The molecule has 2 N–H and O–H groups in total. The molecule has 2 rings (SSSR count).